The first-order valence-electron chi connectivity index (χ1n) is 10.0. The van der Waals surface area contributed by atoms with Crippen molar-refractivity contribution < 1.29 is 14.4 Å². The van der Waals surface area contributed by atoms with E-state index in [2.05, 4.69) is 29.5 Å². The molecule has 30 heavy (non-hydrogen) atoms. The van der Waals surface area contributed by atoms with Crippen LogP contribution in [0.1, 0.15) is 59.9 Å². The number of imide groups is 1. The maximum absolute atomic E-state index is 12.8. The molecule has 4 N–H and O–H groups in total. The number of nitrogens with two attached hydrogens (primary N) is 1. The number of hydrogen-bond acceptors (Lipinski definition) is 7. The average molecular weight is 428 g/mol. The van der Waals surface area contributed by atoms with Crippen molar-refractivity contribution in [3.63, 3.8) is 0 Å². The van der Waals surface area contributed by atoms with Crippen LogP contribution in [0, 0.1) is 5.92 Å². The van der Waals surface area contributed by atoms with Gasteiger partial charge in [0.25, 0.3) is 5.91 Å². The molecule has 9 heteroatoms. The quantitative estimate of drug-likeness (QED) is 0.608. The van der Waals surface area contributed by atoms with E-state index in [4.69, 9.17) is 5.73 Å². The highest BCUT2D eigenvalue weighted by Gasteiger charge is 2.39. The Balaban J connectivity index is 1.42. The van der Waals surface area contributed by atoms with Crippen LogP contribution < -0.4 is 16.4 Å². The Morgan fingerprint density at radius 1 is 1.33 bits per heavy atom. The molecule has 1 fully saturated rings. The zero-order chi connectivity index (χ0) is 21.4. The molecular formula is C21H25N5O3S. The van der Waals surface area contributed by atoms with Gasteiger partial charge >= 0.3 is 0 Å². The molecule has 2 aromatic rings. The second-order valence-electron chi connectivity index (χ2n) is 8.09. The minimum absolute atomic E-state index is 0.0823. The monoisotopic (exact) mass is 427 g/mol. The number of carbonyl (C=O) groups excluding carboxylic acids is 3. The Labute approximate surface area is 178 Å². The summed E-state index contributed by atoms with van der Waals surface area (Å²) in [6, 6.07) is 5.03. The zero-order valence-electron chi connectivity index (χ0n) is 17.0. The summed E-state index contributed by atoms with van der Waals surface area (Å²) >= 11 is 1.52. The van der Waals surface area contributed by atoms with E-state index in [1.807, 2.05) is 23.6 Å². The molecule has 2 aliphatic rings. The predicted molar refractivity (Wildman–Crippen MR) is 114 cm³/mol. The Kier molecular flexibility index (Phi) is 5.57. The van der Waals surface area contributed by atoms with Gasteiger partial charge in [0.05, 0.1) is 11.7 Å². The van der Waals surface area contributed by atoms with Crippen LogP contribution in [0.4, 0.5) is 5.13 Å². The highest BCUT2D eigenvalue weighted by molar-refractivity contribution is 7.13. The number of piperidine rings is 1. The van der Waals surface area contributed by atoms with Crippen molar-refractivity contribution in [3.8, 4) is 0 Å². The summed E-state index contributed by atoms with van der Waals surface area (Å²) < 4.78 is 0. The molecule has 0 saturated carbocycles. The lowest BCUT2D eigenvalue weighted by atomic mass is 10.0. The third kappa shape index (κ3) is 3.95. The number of nitrogens with one attached hydrogen (secondary N) is 2. The number of aromatic nitrogens is 1. The normalized spacial score (nSPS) is 19.8. The molecule has 158 valence electrons. The van der Waals surface area contributed by atoms with Crippen molar-refractivity contribution >= 4 is 34.2 Å². The summed E-state index contributed by atoms with van der Waals surface area (Å²) in [5.74, 6) is -0.519. The van der Waals surface area contributed by atoms with Crippen LogP contribution in [0.5, 0.6) is 0 Å². The van der Waals surface area contributed by atoms with Gasteiger partial charge in [0.1, 0.15) is 6.04 Å². The molecule has 2 atom stereocenters. The van der Waals surface area contributed by atoms with Crippen LogP contribution in [-0.2, 0) is 22.7 Å². The average Bonchev–Trinajstić information content (AvgIpc) is 3.30. The summed E-state index contributed by atoms with van der Waals surface area (Å²) in [6.07, 6.45) is 0.617. The van der Waals surface area contributed by atoms with E-state index in [0.717, 1.165) is 22.0 Å². The SMILES string of the molecule is CC(C)[C@H](N)c1csc(NCc2ccc3c(c2)CN(C2CCC(=O)NC2=O)C3=O)n1. The van der Waals surface area contributed by atoms with Crippen LogP contribution in [0.25, 0.3) is 0 Å². The highest BCUT2D eigenvalue weighted by Crippen LogP contribution is 2.29. The number of rotatable bonds is 6. The van der Waals surface area contributed by atoms with Crippen molar-refractivity contribution in [1.82, 2.24) is 15.2 Å². The van der Waals surface area contributed by atoms with Gasteiger partial charge in [-0.25, -0.2) is 4.98 Å². The number of carbonyl (C=O) groups is 3. The van der Waals surface area contributed by atoms with Gasteiger partial charge in [0, 0.05) is 30.5 Å². The van der Waals surface area contributed by atoms with Gasteiger partial charge in [-0.15, -0.1) is 11.3 Å². The highest BCUT2D eigenvalue weighted by atomic mass is 32.1. The smallest absolute Gasteiger partial charge is 0.255 e. The second kappa shape index (κ2) is 8.16. The van der Waals surface area contributed by atoms with E-state index >= 15 is 0 Å². The summed E-state index contributed by atoms with van der Waals surface area (Å²) in [5, 5.41) is 8.43. The number of thiazole rings is 1. The van der Waals surface area contributed by atoms with Crippen LogP contribution in [0.15, 0.2) is 23.6 Å². The van der Waals surface area contributed by atoms with Gasteiger partial charge in [-0.2, -0.15) is 0 Å². The largest absolute Gasteiger partial charge is 0.357 e. The lowest BCUT2D eigenvalue weighted by Crippen LogP contribution is -2.52. The molecule has 4 rings (SSSR count). The Bertz CT molecular complexity index is 1000. The number of amides is 3. The minimum Gasteiger partial charge on any atom is -0.357 e. The van der Waals surface area contributed by atoms with Gasteiger partial charge in [-0.3, -0.25) is 19.7 Å². The molecule has 3 heterocycles. The fourth-order valence-corrected chi connectivity index (χ4v) is 4.53. The molecule has 0 aliphatic carbocycles. The summed E-state index contributed by atoms with van der Waals surface area (Å²) in [4.78, 5) is 42.4. The first kappa shape index (κ1) is 20.5. The lowest BCUT2D eigenvalue weighted by molar-refractivity contribution is -0.136. The Morgan fingerprint density at radius 3 is 2.87 bits per heavy atom. The third-order valence-electron chi connectivity index (χ3n) is 5.61. The van der Waals surface area contributed by atoms with Gasteiger partial charge in [0.2, 0.25) is 11.8 Å². The molecule has 1 aromatic carbocycles. The molecule has 1 saturated heterocycles. The van der Waals surface area contributed by atoms with Gasteiger partial charge in [0.15, 0.2) is 5.13 Å². The number of fused-ring (bicyclic) bond motifs is 1. The fraction of sp³-hybridized carbons (Fsp3) is 0.429. The van der Waals surface area contributed by atoms with Crippen molar-refractivity contribution in [1.29, 1.82) is 0 Å². The fourth-order valence-electron chi connectivity index (χ4n) is 3.78. The zero-order valence-corrected chi connectivity index (χ0v) is 17.8. The number of hydrogen-bond donors (Lipinski definition) is 3. The minimum atomic E-state index is -0.594. The van der Waals surface area contributed by atoms with E-state index in [1.54, 1.807) is 4.90 Å². The molecule has 1 unspecified atom stereocenters. The van der Waals surface area contributed by atoms with E-state index in [9.17, 15) is 14.4 Å². The third-order valence-corrected chi connectivity index (χ3v) is 6.43. The number of benzene rings is 1. The van der Waals surface area contributed by atoms with Crippen molar-refractivity contribution in [2.24, 2.45) is 11.7 Å². The van der Waals surface area contributed by atoms with Crippen LogP contribution in [0.2, 0.25) is 0 Å². The molecule has 0 radical (unpaired) electrons. The van der Waals surface area contributed by atoms with Crippen molar-refractivity contribution in [3.05, 3.63) is 46.0 Å². The van der Waals surface area contributed by atoms with E-state index in [-0.39, 0.29) is 24.3 Å². The first-order valence-corrected chi connectivity index (χ1v) is 10.9. The molecule has 1 aromatic heterocycles. The summed E-state index contributed by atoms with van der Waals surface area (Å²) in [7, 11) is 0. The number of anilines is 1. The topological polar surface area (TPSA) is 117 Å². The van der Waals surface area contributed by atoms with Crippen molar-refractivity contribution in [2.75, 3.05) is 5.32 Å². The molecule has 8 nitrogen and oxygen atoms in total. The summed E-state index contributed by atoms with van der Waals surface area (Å²) in [5.41, 5.74) is 9.58. The van der Waals surface area contributed by atoms with Crippen LogP contribution in [0.3, 0.4) is 0 Å². The standard InChI is InChI=1S/C21H25N5O3S/c1-11(2)18(22)15-10-30-21(24-15)23-8-12-3-4-14-13(7-12)9-26(20(14)29)16-5-6-17(27)25-19(16)28/h3-4,7,10-11,16,18H,5-6,8-9,22H2,1-2H3,(H,23,24)(H,25,27,28)/t16?,18-/m0/s1. The molecule has 2 aliphatic heterocycles. The van der Waals surface area contributed by atoms with Crippen LogP contribution in [-0.4, -0.2) is 33.6 Å². The molecule has 0 spiro atoms. The van der Waals surface area contributed by atoms with Crippen molar-refractivity contribution in [2.45, 2.75) is 51.9 Å². The number of nitrogens with zero attached hydrogens (tertiary/aromatic N) is 2. The first-order chi connectivity index (χ1) is 14.3. The van der Waals surface area contributed by atoms with E-state index in [0.29, 0.717) is 31.0 Å². The molecular weight excluding hydrogens is 402 g/mol. The van der Waals surface area contributed by atoms with Crippen LogP contribution >= 0.6 is 11.3 Å². The van der Waals surface area contributed by atoms with E-state index < -0.39 is 11.9 Å². The van der Waals surface area contributed by atoms with E-state index in [1.165, 1.54) is 11.3 Å². The maximum atomic E-state index is 12.8. The molecule has 3 amide bonds. The van der Waals surface area contributed by atoms with Gasteiger partial charge in [-0.05, 0) is 29.5 Å². The maximum Gasteiger partial charge on any atom is 0.255 e. The summed E-state index contributed by atoms with van der Waals surface area (Å²) in [6.45, 7) is 5.09. The molecule has 0 bridgehead atoms. The predicted octanol–water partition coefficient (Wildman–Crippen LogP) is 2.17. The second-order valence-corrected chi connectivity index (χ2v) is 8.95. The van der Waals surface area contributed by atoms with Gasteiger partial charge in [-0.1, -0.05) is 26.0 Å². The Morgan fingerprint density at radius 2 is 2.13 bits per heavy atom. The Hall–Kier alpha value is -2.78. The lowest BCUT2D eigenvalue weighted by Gasteiger charge is -2.29. The van der Waals surface area contributed by atoms with Gasteiger partial charge < -0.3 is 16.0 Å².